The van der Waals surface area contributed by atoms with Gasteiger partial charge in [0, 0.05) is 12.0 Å². The molecular weight excluding hydrogens is 320 g/mol. The molecule has 26 heavy (non-hydrogen) atoms. The van der Waals surface area contributed by atoms with Crippen LogP contribution in [0.5, 0.6) is 0 Å². The second kappa shape index (κ2) is 7.30. The molecule has 0 fully saturated rings. The lowest BCUT2D eigenvalue weighted by atomic mass is 9.83. The summed E-state index contributed by atoms with van der Waals surface area (Å²) in [6.07, 6.45) is 0. The van der Waals surface area contributed by atoms with Crippen LogP contribution in [0.25, 0.3) is 10.8 Å². The minimum Gasteiger partial charge on any atom is -0.354 e. The maximum atomic E-state index is 12.5. The van der Waals surface area contributed by atoms with E-state index in [1.165, 1.54) is 16.3 Å². The standard InChI is InChI=1S/C23H26N2O/c1-16-8-4-7-11-20(16)21(24)22(26)25-15-23(2,3)19-13-12-17-9-5-6-10-18(17)14-19/h4-14,21H,15,24H2,1-3H3,(H,25,26). The molecule has 3 aromatic rings. The van der Waals surface area contributed by atoms with Gasteiger partial charge in [0.1, 0.15) is 6.04 Å². The summed E-state index contributed by atoms with van der Waals surface area (Å²) in [7, 11) is 0. The first-order valence-corrected chi connectivity index (χ1v) is 8.96. The second-order valence-corrected chi connectivity index (χ2v) is 7.50. The number of nitrogens with one attached hydrogen (secondary N) is 1. The highest BCUT2D eigenvalue weighted by Crippen LogP contribution is 2.26. The van der Waals surface area contributed by atoms with Crippen molar-refractivity contribution in [3.8, 4) is 0 Å². The van der Waals surface area contributed by atoms with Crippen LogP contribution in [0.1, 0.15) is 36.6 Å². The van der Waals surface area contributed by atoms with Crippen LogP contribution in [-0.2, 0) is 10.2 Å². The summed E-state index contributed by atoms with van der Waals surface area (Å²) in [6, 6.07) is 21.9. The molecule has 1 unspecified atom stereocenters. The van der Waals surface area contributed by atoms with E-state index in [2.05, 4.69) is 49.5 Å². The molecule has 0 aromatic heterocycles. The van der Waals surface area contributed by atoms with Crippen LogP contribution >= 0.6 is 0 Å². The maximum absolute atomic E-state index is 12.5. The number of aryl methyl sites for hydroxylation is 1. The highest BCUT2D eigenvalue weighted by molar-refractivity contribution is 5.84. The van der Waals surface area contributed by atoms with Crippen molar-refractivity contribution in [2.45, 2.75) is 32.2 Å². The van der Waals surface area contributed by atoms with Crippen molar-refractivity contribution in [1.29, 1.82) is 0 Å². The van der Waals surface area contributed by atoms with Gasteiger partial charge >= 0.3 is 0 Å². The lowest BCUT2D eigenvalue weighted by Crippen LogP contribution is -2.41. The lowest BCUT2D eigenvalue weighted by Gasteiger charge is -2.27. The zero-order valence-electron chi connectivity index (χ0n) is 15.6. The summed E-state index contributed by atoms with van der Waals surface area (Å²) in [5, 5.41) is 5.46. The van der Waals surface area contributed by atoms with Crippen LogP contribution in [0, 0.1) is 6.92 Å². The Morgan fingerprint density at radius 3 is 2.38 bits per heavy atom. The molecule has 0 aliphatic rings. The Hall–Kier alpha value is -2.65. The van der Waals surface area contributed by atoms with Crippen molar-refractivity contribution in [3.05, 3.63) is 83.4 Å². The van der Waals surface area contributed by atoms with Crippen LogP contribution < -0.4 is 11.1 Å². The molecule has 0 saturated carbocycles. The number of carbonyl (C=O) groups excluding carboxylic acids is 1. The first kappa shape index (κ1) is 18.2. The zero-order chi connectivity index (χ0) is 18.7. The van der Waals surface area contributed by atoms with Crippen LogP contribution in [0.15, 0.2) is 66.7 Å². The quantitative estimate of drug-likeness (QED) is 0.726. The van der Waals surface area contributed by atoms with E-state index in [9.17, 15) is 4.79 Å². The molecule has 3 aromatic carbocycles. The van der Waals surface area contributed by atoms with Crippen molar-refractivity contribution < 1.29 is 4.79 Å². The molecule has 0 bridgehead atoms. The first-order valence-electron chi connectivity index (χ1n) is 8.96. The Bertz CT molecular complexity index is 930. The lowest BCUT2D eigenvalue weighted by molar-refractivity contribution is -0.122. The molecule has 0 aliphatic carbocycles. The van der Waals surface area contributed by atoms with Gasteiger partial charge in [-0.1, -0.05) is 80.6 Å². The average molecular weight is 346 g/mol. The molecule has 1 amide bonds. The summed E-state index contributed by atoms with van der Waals surface area (Å²) in [6.45, 7) is 6.78. The first-order chi connectivity index (χ1) is 12.4. The normalized spacial score (nSPS) is 12.8. The minimum absolute atomic E-state index is 0.145. The van der Waals surface area contributed by atoms with E-state index < -0.39 is 6.04 Å². The Kier molecular flexibility index (Phi) is 5.10. The number of nitrogens with two attached hydrogens (primary N) is 1. The van der Waals surface area contributed by atoms with E-state index in [4.69, 9.17) is 5.73 Å². The number of benzene rings is 3. The second-order valence-electron chi connectivity index (χ2n) is 7.50. The molecule has 3 N–H and O–H groups in total. The number of carbonyl (C=O) groups is 1. The Morgan fingerprint density at radius 1 is 1.00 bits per heavy atom. The van der Waals surface area contributed by atoms with Crippen molar-refractivity contribution in [1.82, 2.24) is 5.32 Å². The Morgan fingerprint density at radius 2 is 1.65 bits per heavy atom. The molecule has 3 nitrogen and oxygen atoms in total. The van der Waals surface area contributed by atoms with Gasteiger partial charge in [-0.2, -0.15) is 0 Å². The fourth-order valence-electron chi connectivity index (χ4n) is 3.21. The molecule has 3 heteroatoms. The van der Waals surface area contributed by atoms with Gasteiger partial charge < -0.3 is 11.1 Å². The number of hydrogen-bond donors (Lipinski definition) is 2. The Balaban J connectivity index is 1.72. The molecular formula is C23H26N2O. The molecule has 0 radical (unpaired) electrons. The van der Waals surface area contributed by atoms with Crippen LogP contribution in [-0.4, -0.2) is 12.5 Å². The molecule has 0 saturated heterocycles. The summed E-state index contributed by atoms with van der Waals surface area (Å²) in [5.74, 6) is -0.145. The van der Waals surface area contributed by atoms with E-state index in [0.717, 1.165) is 11.1 Å². The number of hydrogen-bond acceptors (Lipinski definition) is 2. The molecule has 0 spiro atoms. The van der Waals surface area contributed by atoms with Gasteiger partial charge in [-0.25, -0.2) is 0 Å². The smallest absolute Gasteiger partial charge is 0.241 e. The topological polar surface area (TPSA) is 55.1 Å². The van der Waals surface area contributed by atoms with Gasteiger partial charge in [-0.3, -0.25) is 4.79 Å². The van der Waals surface area contributed by atoms with Crippen molar-refractivity contribution >= 4 is 16.7 Å². The molecule has 134 valence electrons. The predicted octanol–water partition coefficient (Wildman–Crippen LogP) is 4.24. The van der Waals surface area contributed by atoms with Crippen LogP contribution in [0.2, 0.25) is 0 Å². The highest BCUT2D eigenvalue weighted by Gasteiger charge is 2.24. The third-order valence-corrected chi connectivity index (χ3v) is 5.04. The third kappa shape index (κ3) is 3.78. The van der Waals surface area contributed by atoms with E-state index >= 15 is 0 Å². The highest BCUT2D eigenvalue weighted by atomic mass is 16.2. The molecule has 0 aliphatic heterocycles. The van der Waals surface area contributed by atoms with Gasteiger partial charge in [-0.15, -0.1) is 0 Å². The Labute approximate surface area is 155 Å². The SMILES string of the molecule is Cc1ccccc1C(N)C(=O)NCC(C)(C)c1ccc2ccccc2c1. The number of amides is 1. The molecule has 3 rings (SSSR count). The third-order valence-electron chi connectivity index (χ3n) is 5.04. The zero-order valence-corrected chi connectivity index (χ0v) is 15.6. The maximum Gasteiger partial charge on any atom is 0.241 e. The van der Waals surface area contributed by atoms with Crippen LogP contribution in [0.4, 0.5) is 0 Å². The summed E-state index contributed by atoms with van der Waals surface area (Å²) in [5.41, 5.74) is 9.08. The fourth-order valence-corrected chi connectivity index (χ4v) is 3.21. The molecule has 0 heterocycles. The summed E-state index contributed by atoms with van der Waals surface area (Å²) in [4.78, 5) is 12.5. The largest absolute Gasteiger partial charge is 0.354 e. The van der Waals surface area contributed by atoms with Gasteiger partial charge in [0.25, 0.3) is 0 Å². The van der Waals surface area contributed by atoms with Crippen molar-refractivity contribution in [2.75, 3.05) is 6.54 Å². The average Bonchev–Trinajstić information content (AvgIpc) is 2.65. The van der Waals surface area contributed by atoms with Crippen molar-refractivity contribution in [3.63, 3.8) is 0 Å². The number of rotatable bonds is 5. The van der Waals surface area contributed by atoms with Gasteiger partial charge in [0.2, 0.25) is 5.91 Å². The van der Waals surface area contributed by atoms with Crippen LogP contribution in [0.3, 0.4) is 0 Å². The van der Waals surface area contributed by atoms with E-state index in [1.807, 2.05) is 43.3 Å². The van der Waals surface area contributed by atoms with Gasteiger partial charge in [0.05, 0.1) is 0 Å². The monoisotopic (exact) mass is 346 g/mol. The predicted molar refractivity (Wildman–Crippen MR) is 108 cm³/mol. The van der Waals surface area contributed by atoms with Crippen molar-refractivity contribution in [2.24, 2.45) is 5.73 Å². The summed E-state index contributed by atoms with van der Waals surface area (Å²) < 4.78 is 0. The minimum atomic E-state index is -0.649. The number of fused-ring (bicyclic) bond motifs is 1. The van der Waals surface area contributed by atoms with Gasteiger partial charge in [-0.05, 0) is 34.4 Å². The van der Waals surface area contributed by atoms with E-state index in [0.29, 0.717) is 6.54 Å². The fraction of sp³-hybridized carbons (Fsp3) is 0.261. The van der Waals surface area contributed by atoms with E-state index in [1.54, 1.807) is 0 Å². The van der Waals surface area contributed by atoms with E-state index in [-0.39, 0.29) is 11.3 Å². The summed E-state index contributed by atoms with van der Waals surface area (Å²) >= 11 is 0. The molecule has 1 atom stereocenters. The van der Waals surface area contributed by atoms with Gasteiger partial charge in [0.15, 0.2) is 0 Å².